The fraction of sp³-hybridized carbons (Fsp3) is 0.323. The van der Waals surface area contributed by atoms with Crippen LogP contribution in [0, 0.1) is 20.8 Å². The lowest BCUT2D eigenvalue weighted by molar-refractivity contribution is -0.124. The summed E-state index contributed by atoms with van der Waals surface area (Å²) >= 11 is 0. The Bertz CT molecular complexity index is 1630. The van der Waals surface area contributed by atoms with Crippen molar-refractivity contribution in [2.24, 2.45) is 0 Å². The van der Waals surface area contributed by atoms with E-state index in [4.69, 9.17) is 15.5 Å². The van der Waals surface area contributed by atoms with E-state index in [1.807, 2.05) is 57.2 Å². The minimum absolute atomic E-state index is 0. The number of nitrogens with one attached hydrogen (secondary N) is 2. The van der Waals surface area contributed by atoms with E-state index < -0.39 is 6.04 Å². The molecule has 1 aliphatic rings. The van der Waals surface area contributed by atoms with E-state index in [2.05, 4.69) is 26.7 Å². The lowest BCUT2D eigenvalue weighted by atomic mass is 9.94. The van der Waals surface area contributed by atoms with Crippen LogP contribution in [0.25, 0.3) is 0 Å². The zero-order valence-electron chi connectivity index (χ0n) is 25.0. The number of aryl methyl sites for hydroxylation is 4. The van der Waals surface area contributed by atoms with Gasteiger partial charge in [-0.2, -0.15) is 0 Å². The first-order valence-electron chi connectivity index (χ1n) is 13.7. The number of amides is 1. The molecule has 3 aromatic heterocycles. The van der Waals surface area contributed by atoms with Crippen LogP contribution in [0.5, 0.6) is 5.75 Å². The Hall–Kier alpha value is -3.86. The van der Waals surface area contributed by atoms with Crippen molar-refractivity contribution in [2.45, 2.75) is 52.1 Å². The molecule has 10 nitrogen and oxygen atoms in total. The number of aromatic nitrogens is 4. The lowest BCUT2D eigenvalue weighted by Gasteiger charge is -2.20. The number of carbonyl (C=O) groups excluding carboxylic acids is 1. The van der Waals surface area contributed by atoms with Gasteiger partial charge in [0.1, 0.15) is 17.6 Å². The molecule has 1 aliphatic heterocycles. The van der Waals surface area contributed by atoms with E-state index in [1.54, 1.807) is 23.9 Å². The SMILES string of the molecule is COc1ccc([C@H](CNc2ncc3n(c2=O)[C@H](C(=O)NCc2ccc(N)nc2C)CC3)c2cc(C)cc(C)n2)cc1.Cl.Cl.Cl. The fourth-order valence-electron chi connectivity index (χ4n) is 5.39. The first-order valence-corrected chi connectivity index (χ1v) is 13.7. The summed E-state index contributed by atoms with van der Waals surface area (Å²) in [6.07, 6.45) is 2.82. The second-order valence-corrected chi connectivity index (χ2v) is 10.4. The van der Waals surface area contributed by atoms with Gasteiger partial charge in [-0.1, -0.05) is 18.2 Å². The lowest BCUT2D eigenvalue weighted by Crippen LogP contribution is -2.36. The van der Waals surface area contributed by atoms with Gasteiger partial charge in [-0.3, -0.25) is 19.1 Å². The van der Waals surface area contributed by atoms with Crippen molar-refractivity contribution in [2.75, 3.05) is 24.7 Å². The van der Waals surface area contributed by atoms with E-state index in [-0.39, 0.29) is 60.4 Å². The van der Waals surface area contributed by atoms with E-state index >= 15 is 0 Å². The van der Waals surface area contributed by atoms with Crippen molar-refractivity contribution in [1.82, 2.24) is 24.8 Å². The number of nitrogens with two attached hydrogens (primary N) is 1. The van der Waals surface area contributed by atoms with Crippen LogP contribution >= 0.6 is 37.2 Å². The van der Waals surface area contributed by atoms with Crippen molar-refractivity contribution in [3.8, 4) is 5.75 Å². The van der Waals surface area contributed by atoms with Crippen LogP contribution in [-0.2, 0) is 17.8 Å². The number of nitrogen functional groups attached to an aromatic ring is 1. The monoisotopic (exact) mass is 661 g/mol. The van der Waals surface area contributed by atoms with E-state index in [0.717, 1.165) is 45.2 Å². The number of pyridine rings is 2. The van der Waals surface area contributed by atoms with Gasteiger partial charge in [0.05, 0.1) is 12.8 Å². The van der Waals surface area contributed by atoms with Crippen molar-refractivity contribution >= 4 is 54.8 Å². The number of benzene rings is 1. The van der Waals surface area contributed by atoms with Crippen molar-refractivity contribution in [3.05, 3.63) is 105 Å². The van der Waals surface area contributed by atoms with Crippen LogP contribution in [0.3, 0.4) is 0 Å². The Labute approximate surface area is 275 Å². The summed E-state index contributed by atoms with van der Waals surface area (Å²) in [5, 5.41) is 6.23. The number of nitrogens with zero attached hydrogens (tertiary/aromatic N) is 4. The maximum Gasteiger partial charge on any atom is 0.294 e. The maximum absolute atomic E-state index is 13.6. The van der Waals surface area contributed by atoms with Gasteiger partial charge in [0, 0.05) is 42.3 Å². The van der Waals surface area contributed by atoms with Crippen molar-refractivity contribution in [1.29, 1.82) is 0 Å². The third kappa shape index (κ3) is 7.99. The Morgan fingerprint density at radius 2 is 1.80 bits per heavy atom. The van der Waals surface area contributed by atoms with Gasteiger partial charge in [-0.25, -0.2) is 9.97 Å². The molecule has 0 aliphatic carbocycles. The molecular weight excluding hydrogens is 625 g/mol. The highest BCUT2D eigenvalue weighted by molar-refractivity contribution is 5.86. The van der Waals surface area contributed by atoms with Crippen LogP contribution in [0.1, 0.15) is 57.8 Å². The van der Waals surface area contributed by atoms with Crippen LogP contribution in [0.2, 0.25) is 0 Å². The predicted molar refractivity (Wildman–Crippen MR) is 180 cm³/mol. The van der Waals surface area contributed by atoms with Crippen LogP contribution in [0.4, 0.5) is 11.6 Å². The number of anilines is 2. The summed E-state index contributed by atoms with van der Waals surface area (Å²) in [5.74, 6) is 1.04. The number of methoxy groups -OCH3 is 1. The Morgan fingerprint density at radius 1 is 1.07 bits per heavy atom. The van der Waals surface area contributed by atoms with Crippen molar-refractivity contribution in [3.63, 3.8) is 0 Å². The molecule has 1 aromatic carbocycles. The molecule has 0 spiro atoms. The molecule has 44 heavy (non-hydrogen) atoms. The zero-order chi connectivity index (χ0) is 29.1. The van der Waals surface area contributed by atoms with Gasteiger partial charge in [0.25, 0.3) is 5.56 Å². The third-order valence-electron chi connectivity index (χ3n) is 7.50. The molecular formula is C31H38Cl3N7O3. The molecule has 0 fully saturated rings. The van der Waals surface area contributed by atoms with Gasteiger partial charge >= 0.3 is 0 Å². The molecule has 0 saturated heterocycles. The molecule has 4 N–H and O–H groups in total. The van der Waals surface area contributed by atoms with Gasteiger partial charge < -0.3 is 21.1 Å². The Kier molecular flexibility index (Phi) is 13.0. The number of hydrogen-bond donors (Lipinski definition) is 3. The predicted octanol–water partition coefficient (Wildman–Crippen LogP) is 4.86. The number of halogens is 3. The quantitative estimate of drug-likeness (QED) is 0.231. The highest BCUT2D eigenvalue weighted by Crippen LogP contribution is 2.28. The third-order valence-corrected chi connectivity index (χ3v) is 7.50. The van der Waals surface area contributed by atoms with Gasteiger partial charge in [0.2, 0.25) is 5.91 Å². The largest absolute Gasteiger partial charge is 0.497 e. The number of ether oxygens (including phenoxy) is 1. The molecule has 1 amide bonds. The first kappa shape index (κ1) is 36.3. The topological polar surface area (TPSA) is 137 Å². The highest BCUT2D eigenvalue weighted by Gasteiger charge is 2.31. The van der Waals surface area contributed by atoms with Crippen molar-refractivity contribution < 1.29 is 9.53 Å². The maximum atomic E-state index is 13.6. The molecule has 4 aromatic rings. The van der Waals surface area contributed by atoms with Gasteiger partial charge in [-0.05, 0) is 80.6 Å². The summed E-state index contributed by atoms with van der Waals surface area (Å²) in [6, 6.07) is 14.9. The average Bonchev–Trinajstić information content (AvgIpc) is 3.39. The molecule has 4 heterocycles. The normalized spacial score (nSPS) is 13.8. The van der Waals surface area contributed by atoms with Gasteiger partial charge in [-0.15, -0.1) is 37.2 Å². The molecule has 0 bridgehead atoms. The van der Waals surface area contributed by atoms with Crippen LogP contribution < -0.4 is 26.7 Å². The zero-order valence-corrected chi connectivity index (χ0v) is 27.4. The number of fused-ring (bicyclic) bond motifs is 1. The molecule has 0 radical (unpaired) electrons. The van der Waals surface area contributed by atoms with Gasteiger partial charge in [0.15, 0.2) is 5.82 Å². The summed E-state index contributed by atoms with van der Waals surface area (Å²) in [4.78, 5) is 40.3. The van der Waals surface area contributed by atoms with E-state index in [0.29, 0.717) is 31.7 Å². The number of carbonyl (C=O) groups is 1. The van der Waals surface area contributed by atoms with E-state index in [9.17, 15) is 9.59 Å². The second-order valence-electron chi connectivity index (χ2n) is 10.4. The summed E-state index contributed by atoms with van der Waals surface area (Å²) in [5.41, 5.74) is 11.8. The molecule has 0 unspecified atom stereocenters. The standard InChI is InChI=1S/C31H35N7O3.3ClH/c1-18-13-19(2)36-26(14-18)25(21-5-9-24(41-4)10-6-21)17-34-29-31(40)38-23(16-33-29)8-11-27(38)30(39)35-15-22-7-12-28(32)37-20(22)3;;;/h5-7,9-10,12-14,16,25,27H,8,11,15,17H2,1-4H3,(H2,32,37)(H,33,34)(H,35,39);3*1H/t25-,27-;;;/m0.../s1. The second kappa shape index (κ2) is 15.7. The minimum Gasteiger partial charge on any atom is -0.497 e. The summed E-state index contributed by atoms with van der Waals surface area (Å²) in [6.45, 7) is 6.57. The molecule has 2 atom stereocenters. The Morgan fingerprint density at radius 3 is 2.45 bits per heavy atom. The highest BCUT2D eigenvalue weighted by atomic mass is 35.5. The Balaban J connectivity index is 0.00000225. The van der Waals surface area contributed by atoms with Crippen LogP contribution in [0.15, 0.2) is 59.5 Å². The summed E-state index contributed by atoms with van der Waals surface area (Å²) in [7, 11) is 1.64. The fourth-order valence-corrected chi connectivity index (χ4v) is 5.39. The number of hydrogen-bond acceptors (Lipinski definition) is 8. The summed E-state index contributed by atoms with van der Waals surface area (Å²) < 4.78 is 6.90. The minimum atomic E-state index is -0.610. The van der Waals surface area contributed by atoms with E-state index in [1.165, 1.54) is 0 Å². The first-order chi connectivity index (χ1) is 19.7. The van der Waals surface area contributed by atoms with Crippen LogP contribution in [-0.4, -0.2) is 39.1 Å². The smallest absolute Gasteiger partial charge is 0.294 e. The molecule has 0 saturated carbocycles. The molecule has 13 heteroatoms. The molecule has 5 rings (SSSR count). The molecule has 236 valence electrons. The number of rotatable bonds is 9. The average molecular weight is 663 g/mol.